The fourth-order valence-electron chi connectivity index (χ4n) is 0.835. The highest BCUT2D eigenvalue weighted by Gasteiger charge is 1.93. The van der Waals surface area contributed by atoms with Crippen molar-refractivity contribution < 1.29 is 1.41 Å². The molecule has 1 rings (SSSR count). The Labute approximate surface area is 62.7 Å². The van der Waals surface area contributed by atoms with E-state index in [1.54, 1.807) is 0 Å². The molecule has 1 nitrogen and oxygen atoms in total. The lowest BCUT2D eigenvalue weighted by Crippen LogP contribution is -1.94. The van der Waals surface area contributed by atoms with E-state index < -0.39 is 0 Å². The summed E-state index contributed by atoms with van der Waals surface area (Å²) in [7, 11) is 0. The van der Waals surface area contributed by atoms with Gasteiger partial charge in [-0.2, -0.15) is 0 Å². The molecule has 0 amide bonds. The zero-order valence-corrected chi connectivity index (χ0v) is 6.04. The van der Waals surface area contributed by atoms with Crippen LogP contribution in [0.15, 0.2) is 30.3 Å². The van der Waals surface area contributed by atoms with Crippen molar-refractivity contribution in [2.24, 2.45) is 0 Å². The minimum Gasteiger partial charge on any atom is -0.305 e. The largest absolute Gasteiger partial charge is 0.305 e. The number of hydrogen-bond acceptors (Lipinski definition) is 1. The lowest BCUT2D eigenvalue weighted by atomic mass is 10.1. The molecule has 0 radical (unpaired) electrons. The molecule has 0 aliphatic heterocycles. The molecule has 0 saturated carbocycles. The van der Waals surface area contributed by atoms with E-state index >= 15 is 0 Å². The van der Waals surface area contributed by atoms with Crippen LogP contribution in [0, 0.1) is 5.40 Å². The number of hydrogen-bond donors (Lipinski definition) is 1. The van der Waals surface area contributed by atoms with Crippen molar-refractivity contribution >= 4 is 5.71 Å². The Kier molecular flexibility index (Phi) is 1.79. The van der Waals surface area contributed by atoms with Crippen LogP contribution in [-0.2, 0) is 0 Å². The first-order chi connectivity index (χ1) is 5.38. The van der Waals surface area contributed by atoms with Gasteiger partial charge in [0.25, 0.3) is 0 Å². The second-order valence-electron chi connectivity index (χ2n) is 2.17. The minimum absolute atomic E-state index is 0.813. The molecule has 0 atom stereocenters. The van der Waals surface area contributed by atoms with Gasteiger partial charge in [0.1, 0.15) is 0 Å². The molecule has 0 bridgehead atoms. The van der Waals surface area contributed by atoms with Gasteiger partial charge in [-0.3, -0.25) is 0 Å². The summed E-state index contributed by atoms with van der Waals surface area (Å²) in [5.74, 6) is 0. The molecule has 0 aromatic heterocycles. The molecule has 0 heterocycles. The van der Waals surface area contributed by atoms with E-state index in [0.717, 1.165) is 17.7 Å². The first kappa shape index (κ1) is 5.66. The third kappa shape index (κ3) is 1.44. The van der Waals surface area contributed by atoms with E-state index in [1.165, 1.54) is 0 Å². The summed E-state index contributed by atoms with van der Waals surface area (Å²) in [6, 6.07) is 9.81. The van der Waals surface area contributed by atoms with Crippen LogP contribution in [0.3, 0.4) is 0 Å². The topological polar surface area (TPSA) is 23.9 Å². The fraction of sp³-hybridized carbons (Fsp3) is 0.222. The molecule has 1 aromatic rings. The number of benzene rings is 1. The number of rotatable bonds is 2. The van der Waals surface area contributed by atoms with Gasteiger partial charge in [0.2, 0.25) is 0 Å². The van der Waals surface area contributed by atoms with E-state index in [4.69, 9.17) is 1.41 Å². The van der Waals surface area contributed by atoms with Gasteiger partial charge in [-0.25, -0.2) is 0 Å². The molecule has 0 spiro atoms. The Morgan fingerprint density at radius 2 is 2.20 bits per heavy atom. The third-order valence-corrected chi connectivity index (χ3v) is 1.44. The number of nitrogens with one attached hydrogen (secondary N) is 1. The molecule has 0 saturated heterocycles. The maximum atomic E-state index is 6.89. The molecule has 1 heteroatoms. The second kappa shape index (κ2) is 3.16. The maximum Gasteiger partial charge on any atom is 0.187 e. The normalized spacial score (nSPS) is 12.9. The molecule has 1 N–H and O–H groups in total. The zero-order chi connectivity index (χ0) is 8.10. The Morgan fingerprint density at radius 3 is 2.70 bits per heavy atom. The summed E-state index contributed by atoms with van der Waals surface area (Å²) in [5.41, 5.74) is 1.88. The van der Waals surface area contributed by atoms with Gasteiger partial charge in [-0.05, 0) is 12.0 Å². The molecule has 0 aliphatic carbocycles. The van der Waals surface area contributed by atoms with Crippen LogP contribution in [0.25, 0.3) is 0 Å². The van der Waals surface area contributed by atoms with Crippen LogP contribution in [0.2, 0.25) is 1.41 Å². The van der Waals surface area contributed by atoms with Gasteiger partial charge in [-0.15, -0.1) is 0 Å². The van der Waals surface area contributed by atoms with Crippen molar-refractivity contribution in [1.29, 1.82) is 5.40 Å². The van der Waals surface area contributed by atoms with Crippen LogP contribution < -0.4 is 0 Å². The van der Waals surface area contributed by atoms with Crippen molar-refractivity contribution in [2.75, 3.05) is 0 Å². The maximum absolute atomic E-state index is 6.89. The molecule has 0 fully saturated rings. The summed E-state index contributed by atoms with van der Waals surface area (Å²) in [6.07, 6.45) is 0.813. The molecule has 0 aliphatic rings. The average Bonchev–Trinajstić information content (AvgIpc) is 2.09. The van der Waals surface area contributed by atoms with E-state index in [9.17, 15) is 0 Å². The lowest BCUT2D eigenvalue weighted by molar-refractivity contribution is 1.24. The predicted octanol–water partition coefficient (Wildman–Crippen LogP) is 2.46. The smallest absolute Gasteiger partial charge is 0.187 e. The van der Waals surface area contributed by atoms with Gasteiger partial charge in [0.05, 0.1) is 0 Å². The van der Waals surface area contributed by atoms with Crippen LogP contribution >= 0.6 is 0 Å². The standard InChI is InChI=1S/C9H11N/c1-2-9(10)8-6-4-3-5-7-8/h3-7,10H,2H2,1H3/i/hD. The highest BCUT2D eigenvalue weighted by Crippen LogP contribution is 2.01. The third-order valence-electron chi connectivity index (χ3n) is 1.44. The minimum atomic E-state index is 0.813. The molecule has 52 valence electrons. The van der Waals surface area contributed by atoms with E-state index in [1.807, 2.05) is 37.3 Å². The summed E-state index contributed by atoms with van der Waals surface area (Å²) < 4.78 is 6.89. The first-order valence-electron chi connectivity index (χ1n) is 3.89. The van der Waals surface area contributed by atoms with Gasteiger partial charge >= 0.3 is 0 Å². The van der Waals surface area contributed by atoms with Crippen LogP contribution in [-0.4, -0.2) is 5.71 Å². The van der Waals surface area contributed by atoms with Crippen LogP contribution in [0.5, 0.6) is 0 Å². The SMILES string of the molecule is [2H]N=C(CC)c1ccccc1. The van der Waals surface area contributed by atoms with Crippen molar-refractivity contribution in [3.8, 4) is 0 Å². The Hall–Kier alpha value is -1.11. The Balaban J connectivity index is 2.92. The van der Waals surface area contributed by atoms with Crippen LogP contribution in [0.1, 0.15) is 18.9 Å². The van der Waals surface area contributed by atoms with E-state index in [-0.39, 0.29) is 0 Å². The van der Waals surface area contributed by atoms with Crippen LogP contribution in [0.4, 0.5) is 0 Å². The quantitative estimate of drug-likeness (QED) is 0.601. The van der Waals surface area contributed by atoms with Gasteiger partial charge in [0.15, 0.2) is 1.41 Å². The Morgan fingerprint density at radius 1 is 1.50 bits per heavy atom. The zero-order valence-electron chi connectivity index (χ0n) is 7.04. The Bertz CT molecular complexity index is 241. The lowest BCUT2D eigenvalue weighted by Gasteiger charge is -1.97. The first-order valence-corrected chi connectivity index (χ1v) is 3.44. The fourth-order valence-corrected chi connectivity index (χ4v) is 0.835. The van der Waals surface area contributed by atoms with E-state index in [2.05, 4.69) is 5.40 Å². The van der Waals surface area contributed by atoms with Gasteiger partial charge in [0, 0.05) is 5.71 Å². The second-order valence-corrected chi connectivity index (χ2v) is 2.17. The average molecular weight is 134 g/mol. The molecule has 0 unspecified atom stereocenters. The van der Waals surface area contributed by atoms with Gasteiger partial charge < -0.3 is 5.40 Å². The highest BCUT2D eigenvalue weighted by atomic mass is 14.4. The summed E-state index contributed by atoms with van der Waals surface area (Å²) in [5, 5.41) is 3.44. The molecule has 1 aromatic carbocycles. The molecular formula is C9H11N. The summed E-state index contributed by atoms with van der Waals surface area (Å²) in [6.45, 7) is 2.00. The predicted molar refractivity (Wildman–Crippen MR) is 43.6 cm³/mol. The van der Waals surface area contributed by atoms with E-state index in [0.29, 0.717) is 0 Å². The van der Waals surface area contributed by atoms with Crippen molar-refractivity contribution in [3.05, 3.63) is 35.9 Å². The summed E-state index contributed by atoms with van der Waals surface area (Å²) in [4.78, 5) is 0. The highest BCUT2D eigenvalue weighted by molar-refractivity contribution is 5.97. The van der Waals surface area contributed by atoms with Crippen molar-refractivity contribution in [1.82, 2.24) is 0 Å². The van der Waals surface area contributed by atoms with Crippen molar-refractivity contribution in [3.63, 3.8) is 0 Å². The summed E-state index contributed by atoms with van der Waals surface area (Å²) >= 11 is 0. The molecular weight excluding hydrogens is 122 g/mol. The monoisotopic (exact) mass is 134 g/mol. The van der Waals surface area contributed by atoms with Crippen molar-refractivity contribution in [2.45, 2.75) is 13.3 Å². The molecule has 10 heavy (non-hydrogen) atoms. The van der Waals surface area contributed by atoms with Gasteiger partial charge in [-0.1, -0.05) is 37.3 Å².